The number of rotatable bonds is 5. The Labute approximate surface area is 126 Å². The van der Waals surface area contributed by atoms with Gasteiger partial charge in [0.25, 0.3) is 0 Å². The molecule has 20 heavy (non-hydrogen) atoms. The molecule has 1 aromatic carbocycles. The van der Waals surface area contributed by atoms with E-state index < -0.39 is 0 Å². The third kappa shape index (κ3) is 3.74. The summed E-state index contributed by atoms with van der Waals surface area (Å²) in [6.45, 7) is 2.30. The van der Waals surface area contributed by atoms with E-state index in [4.69, 9.17) is 11.6 Å². The maximum atomic E-state index is 11.8. The van der Waals surface area contributed by atoms with E-state index >= 15 is 0 Å². The van der Waals surface area contributed by atoms with Crippen molar-refractivity contribution in [2.45, 2.75) is 18.6 Å². The van der Waals surface area contributed by atoms with Crippen molar-refractivity contribution >= 4 is 29.3 Å². The molecule has 5 nitrogen and oxygen atoms in total. The molecular weight excluding hydrogens is 296 g/mol. The van der Waals surface area contributed by atoms with Gasteiger partial charge < -0.3 is 9.88 Å². The molecule has 106 valence electrons. The standard InChI is InChI=1S/C13H15ClN4OS/c1-9-16-17-13(18(9)2)20-8-12(19)15-7-10-5-3-4-6-11(10)14/h3-6H,7-8H2,1-2H3,(H,15,19). The first kappa shape index (κ1) is 14.9. The second kappa shape index (κ2) is 6.76. The molecule has 1 N–H and O–H groups in total. The molecule has 0 aliphatic rings. The van der Waals surface area contributed by atoms with Gasteiger partial charge in [0, 0.05) is 18.6 Å². The highest BCUT2D eigenvalue weighted by atomic mass is 35.5. The molecule has 0 saturated heterocycles. The lowest BCUT2D eigenvalue weighted by Crippen LogP contribution is -2.24. The Kier molecular flexibility index (Phi) is 5.03. The molecule has 1 amide bonds. The minimum atomic E-state index is -0.0597. The average molecular weight is 311 g/mol. The predicted octanol–water partition coefficient (Wildman–Crippen LogP) is 2.19. The zero-order valence-corrected chi connectivity index (χ0v) is 12.8. The van der Waals surface area contributed by atoms with Crippen LogP contribution in [0.3, 0.4) is 0 Å². The van der Waals surface area contributed by atoms with Gasteiger partial charge in [0.05, 0.1) is 5.75 Å². The summed E-state index contributed by atoms with van der Waals surface area (Å²) >= 11 is 7.39. The Bertz CT molecular complexity index is 614. The van der Waals surface area contributed by atoms with Gasteiger partial charge in [0.1, 0.15) is 5.82 Å². The van der Waals surface area contributed by atoms with Gasteiger partial charge in [-0.15, -0.1) is 10.2 Å². The van der Waals surface area contributed by atoms with E-state index in [-0.39, 0.29) is 5.91 Å². The first-order valence-corrected chi connectivity index (χ1v) is 7.43. The lowest BCUT2D eigenvalue weighted by atomic mass is 10.2. The molecule has 2 aromatic rings. The average Bonchev–Trinajstić information content (AvgIpc) is 2.76. The van der Waals surface area contributed by atoms with E-state index in [1.165, 1.54) is 11.8 Å². The normalized spacial score (nSPS) is 10.6. The third-order valence-electron chi connectivity index (χ3n) is 2.82. The number of nitrogens with one attached hydrogen (secondary N) is 1. The van der Waals surface area contributed by atoms with Gasteiger partial charge >= 0.3 is 0 Å². The Morgan fingerprint density at radius 3 is 2.80 bits per heavy atom. The number of nitrogens with zero attached hydrogens (tertiary/aromatic N) is 3. The van der Waals surface area contributed by atoms with Gasteiger partial charge in [0.2, 0.25) is 5.91 Å². The predicted molar refractivity (Wildman–Crippen MR) is 79.8 cm³/mol. The van der Waals surface area contributed by atoms with E-state index in [1.54, 1.807) is 6.07 Å². The Balaban J connectivity index is 1.82. The number of aryl methyl sites for hydroxylation is 1. The molecule has 0 radical (unpaired) electrons. The van der Waals surface area contributed by atoms with Crippen molar-refractivity contribution in [2.24, 2.45) is 7.05 Å². The van der Waals surface area contributed by atoms with Crippen LogP contribution >= 0.6 is 23.4 Å². The maximum Gasteiger partial charge on any atom is 0.230 e. The first-order valence-electron chi connectivity index (χ1n) is 6.07. The highest BCUT2D eigenvalue weighted by Crippen LogP contribution is 2.16. The number of carbonyl (C=O) groups is 1. The summed E-state index contributed by atoms with van der Waals surface area (Å²) in [5.74, 6) is 1.07. The van der Waals surface area contributed by atoms with Crippen LogP contribution < -0.4 is 5.32 Å². The molecule has 0 unspecified atom stereocenters. The van der Waals surface area contributed by atoms with Crippen LogP contribution in [0.1, 0.15) is 11.4 Å². The van der Waals surface area contributed by atoms with Gasteiger partial charge in [-0.05, 0) is 18.6 Å². The lowest BCUT2D eigenvalue weighted by Gasteiger charge is -2.06. The fourth-order valence-electron chi connectivity index (χ4n) is 1.53. The SMILES string of the molecule is Cc1nnc(SCC(=O)NCc2ccccc2Cl)n1C. The smallest absolute Gasteiger partial charge is 0.230 e. The van der Waals surface area contributed by atoms with E-state index in [9.17, 15) is 4.79 Å². The number of thioether (sulfide) groups is 1. The first-order chi connectivity index (χ1) is 9.58. The molecular formula is C13H15ClN4OS. The molecule has 0 aliphatic carbocycles. The van der Waals surface area contributed by atoms with Crippen molar-refractivity contribution < 1.29 is 4.79 Å². The largest absolute Gasteiger partial charge is 0.351 e. The number of aromatic nitrogens is 3. The summed E-state index contributed by atoms with van der Waals surface area (Å²) in [6, 6.07) is 7.45. The van der Waals surface area contributed by atoms with Crippen LogP contribution in [0.15, 0.2) is 29.4 Å². The number of halogens is 1. The zero-order valence-electron chi connectivity index (χ0n) is 11.3. The van der Waals surface area contributed by atoms with Crippen LogP contribution in [0.5, 0.6) is 0 Å². The highest BCUT2D eigenvalue weighted by molar-refractivity contribution is 7.99. The number of amides is 1. The number of carbonyl (C=O) groups excluding carboxylic acids is 1. The van der Waals surface area contributed by atoms with Gasteiger partial charge in [-0.2, -0.15) is 0 Å². The van der Waals surface area contributed by atoms with Crippen LogP contribution in [-0.4, -0.2) is 26.4 Å². The minimum absolute atomic E-state index is 0.0597. The van der Waals surface area contributed by atoms with Crippen molar-refractivity contribution in [3.63, 3.8) is 0 Å². The van der Waals surface area contributed by atoms with E-state index in [2.05, 4.69) is 15.5 Å². The van der Waals surface area contributed by atoms with Crippen LogP contribution in [0, 0.1) is 6.92 Å². The van der Waals surface area contributed by atoms with Gasteiger partial charge in [0.15, 0.2) is 5.16 Å². The van der Waals surface area contributed by atoms with Gasteiger partial charge in [-0.1, -0.05) is 41.6 Å². The summed E-state index contributed by atoms with van der Waals surface area (Å²) in [5, 5.41) is 12.2. The Hall–Kier alpha value is -1.53. The molecule has 0 atom stereocenters. The second-order valence-electron chi connectivity index (χ2n) is 4.25. The fourth-order valence-corrected chi connectivity index (χ4v) is 2.52. The third-order valence-corrected chi connectivity index (χ3v) is 4.21. The fraction of sp³-hybridized carbons (Fsp3) is 0.308. The summed E-state index contributed by atoms with van der Waals surface area (Å²) < 4.78 is 1.85. The second-order valence-corrected chi connectivity index (χ2v) is 5.60. The zero-order chi connectivity index (χ0) is 14.5. The van der Waals surface area contributed by atoms with Crippen molar-refractivity contribution in [3.8, 4) is 0 Å². The number of benzene rings is 1. The monoisotopic (exact) mass is 310 g/mol. The molecule has 0 fully saturated rings. The molecule has 0 saturated carbocycles. The van der Waals surface area contributed by atoms with Gasteiger partial charge in [-0.25, -0.2) is 0 Å². The minimum Gasteiger partial charge on any atom is -0.351 e. The van der Waals surface area contributed by atoms with Gasteiger partial charge in [-0.3, -0.25) is 4.79 Å². The molecule has 2 rings (SSSR count). The summed E-state index contributed by atoms with van der Waals surface area (Å²) in [6.07, 6.45) is 0. The van der Waals surface area contributed by atoms with Crippen LogP contribution in [0.2, 0.25) is 5.02 Å². The summed E-state index contributed by atoms with van der Waals surface area (Å²) in [5.41, 5.74) is 0.905. The van der Waals surface area contributed by atoms with Crippen molar-refractivity contribution in [2.75, 3.05) is 5.75 Å². The number of hydrogen-bond donors (Lipinski definition) is 1. The lowest BCUT2D eigenvalue weighted by molar-refractivity contribution is -0.118. The highest BCUT2D eigenvalue weighted by Gasteiger charge is 2.09. The summed E-state index contributed by atoms with van der Waals surface area (Å²) in [4.78, 5) is 11.8. The number of hydrogen-bond acceptors (Lipinski definition) is 4. The van der Waals surface area contributed by atoms with Crippen molar-refractivity contribution in [1.29, 1.82) is 0 Å². The van der Waals surface area contributed by atoms with Crippen LogP contribution in [0.25, 0.3) is 0 Å². The summed E-state index contributed by atoms with van der Waals surface area (Å²) in [7, 11) is 1.87. The Morgan fingerprint density at radius 2 is 2.15 bits per heavy atom. The van der Waals surface area contributed by atoms with E-state index in [1.807, 2.05) is 36.7 Å². The molecule has 0 aliphatic heterocycles. The van der Waals surface area contributed by atoms with Crippen LogP contribution in [0.4, 0.5) is 0 Å². The molecule has 0 spiro atoms. The Morgan fingerprint density at radius 1 is 1.40 bits per heavy atom. The molecule has 1 heterocycles. The topological polar surface area (TPSA) is 59.8 Å². The van der Waals surface area contributed by atoms with E-state index in [0.29, 0.717) is 17.3 Å². The van der Waals surface area contributed by atoms with Crippen LogP contribution in [-0.2, 0) is 18.4 Å². The molecule has 0 bridgehead atoms. The van der Waals surface area contributed by atoms with Crippen molar-refractivity contribution in [3.05, 3.63) is 40.7 Å². The van der Waals surface area contributed by atoms with Crippen molar-refractivity contribution in [1.82, 2.24) is 20.1 Å². The quantitative estimate of drug-likeness (QED) is 0.860. The van der Waals surface area contributed by atoms with E-state index in [0.717, 1.165) is 16.5 Å². The molecule has 1 aromatic heterocycles. The molecule has 7 heteroatoms. The maximum absolute atomic E-state index is 11.8.